The highest BCUT2D eigenvalue weighted by atomic mass is 35.5. The summed E-state index contributed by atoms with van der Waals surface area (Å²) in [5.74, 6) is 0. The Hall–Kier alpha value is -0.530. The highest BCUT2D eigenvalue weighted by Crippen LogP contribution is 2.28. The molecule has 0 unspecified atom stereocenters. The second kappa shape index (κ2) is 4.99. The highest BCUT2D eigenvalue weighted by molar-refractivity contribution is 6.31. The van der Waals surface area contributed by atoms with E-state index in [-0.39, 0.29) is 5.41 Å². The Morgan fingerprint density at radius 2 is 2.06 bits per heavy atom. The number of aryl methyl sites for hydroxylation is 1. The summed E-state index contributed by atoms with van der Waals surface area (Å²) in [6.45, 7) is 7.76. The van der Waals surface area contributed by atoms with E-state index in [1.807, 2.05) is 0 Å². The van der Waals surface area contributed by atoms with Crippen LogP contribution in [0.2, 0.25) is 5.02 Å². The molecule has 1 aliphatic carbocycles. The predicted octanol–water partition coefficient (Wildman–Crippen LogP) is 3.97. The van der Waals surface area contributed by atoms with Crippen LogP contribution >= 0.6 is 11.6 Å². The van der Waals surface area contributed by atoms with Crippen molar-refractivity contribution in [3.63, 3.8) is 0 Å². The average Bonchev–Trinajstić information content (AvgIpc) is 3.03. The van der Waals surface area contributed by atoms with Gasteiger partial charge in [0.1, 0.15) is 0 Å². The quantitative estimate of drug-likeness (QED) is 0.835. The lowest BCUT2D eigenvalue weighted by Crippen LogP contribution is -2.32. The maximum absolute atomic E-state index is 6.29. The van der Waals surface area contributed by atoms with Crippen molar-refractivity contribution in [2.45, 2.75) is 46.1 Å². The smallest absolute Gasteiger partial charge is 0.0440 e. The maximum Gasteiger partial charge on any atom is 0.0440 e. The Morgan fingerprint density at radius 3 is 2.65 bits per heavy atom. The van der Waals surface area contributed by atoms with Crippen LogP contribution in [0.5, 0.6) is 0 Å². The van der Waals surface area contributed by atoms with Gasteiger partial charge >= 0.3 is 0 Å². The molecule has 1 fully saturated rings. The topological polar surface area (TPSA) is 12.0 Å². The second-order valence-corrected chi connectivity index (χ2v) is 6.50. The molecule has 0 atom stereocenters. The first-order valence-electron chi connectivity index (χ1n) is 6.45. The number of rotatable bonds is 5. The van der Waals surface area contributed by atoms with E-state index in [1.54, 1.807) is 0 Å². The standard InChI is InChI=1S/C15H22ClN/c1-11-4-5-12(14(16)8-11)9-15(2,3)10-17-13-6-7-13/h4-5,8,13,17H,6-7,9-10H2,1-3H3. The first-order chi connectivity index (χ1) is 7.96. The van der Waals surface area contributed by atoms with E-state index in [4.69, 9.17) is 11.6 Å². The summed E-state index contributed by atoms with van der Waals surface area (Å²) < 4.78 is 0. The minimum Gasteiger partial charge on any atom is -0.313 e. The molecular weight excluding hydrogens is 230 g/mol. The van der Waals surface area contributed by atoms with Crippen molar-refractivity contribution in [1.82, 2.24) is 5.32 Å². The molecule has 1 aliphatic rings. The molecule has 0 spiro atoms. The largest absolute Gasteiger partial charge is 0.313 e. The van der Waals surface area contributed by atoms with Gasteiger partial charge in [0.05, 0.1) is 0 Å². The lowest BCUT2D eigenvalue weighted by atomic mass is 9.85. The molecule has 0 aromatic heterocycles. The summed E-state index contributed by atoms with van der Waals surface area (Å²) in [6, 6.07) is 7.14. The lowest BCUT2D eigenvalue weighted by molar-refractivity contribution is 0.337. The summed E-state index contributed by atoms with van der Waals surface area (Å²) in [7, 11) is 0. The molecule has 0 bridgehead atoms. The van der Waals surface area contributed by atoms with Gasteiger partial charge in [-0.05, 0) is 48.8 Å². The number of nitrogens with one attached hydrogen (secondary N) is 1. The fraction of sp³-hybridized carbons (Fsp3) is 0.600. The molecule has 0 aliphatic heterocycles. The second-order valence-electron chi connectivity index (χ2n) is 6.09. The normalized spacial score (nSPS) is 16.2. The van der Waals surface area contributed by atoms with Gasteiger partial charge in [-0.1, -0.05) is 37.6 Å². The van der Waals surface area contributed by atoms with Crippen LogP contribution in [0.3, 0.4) is 0 Å². The number of halogens is 1. The Balaban J connectivity index is 1.97. The van der Waals surface area contributed by atoms with Crippen LogP contribution < -0.4 is 5.32 Å². The van der Waals surface area contributed by atoms with Crippen LogP contribution in [-0.4, -0.2) is 12.6 Å². The van der Waals surface area contributed by atoms with Crippen molar-refractivity contribution in [3.05, 3.63) is 34.3 Å². The number of hydrogen-bond acceptors (Lipinski definition) is 1. The summed E-state index contributed by atoms with van der Waals surface area (Å²) in [5.41, 5.74) is 2.76. The summed E-state index contributed by atoms with van der Waals surface area (Å²) >= 11 is 6.29. The van der Waals surface area contributed by atoms with Gasteiger partial charge in [0.15, 0.2) is 0 Å². The van der Waals surface area contributed by atoms with Crippen LogP contribution in [0.1, 0.15) is 37.8 Å². The number of benzene rings is 1. The van der Waals surface area contributed by atoms with Crippen molar-refractivity contribution < 1.29 is 0 Å². The zero-order valence-corrected chi connectivity index (χ0v) is 11.8. The molecule has 94 valence electrons. The highest BCUT2D eigenvalue weighted by Gasteiger charge is 2.25. The van der Waals surface area contributed by atoms with Crippen LogP contribution in [0, 0.1) is 12.3 Å². The van der Waals surface area contributed by atoms with E-state index in [9.17, 15) is 0 Å². The molecule has 1 nitrogen and oxygen atoms in total. The predicted molar refractivity (Wildman–Crippen MR) is 74.7 cm³/mol. The van der Waals surface area contributed by atoms with Crippen molar-refractivity contribution in [1.29, 1.82) is 0 Å². The monoisotopic (exact) mass is 251 g/mol. The van der Waals surface area contributed by atoms with E-state index in [2.05, 4.69) is 44.3 Å². The van der Waals surface area contributed by atoms with E-state index in [0.717, 1.165) is 24.0 Å². The van der Waals surface area contributed by atoms with Gasteiger partial charge < -0.3 is 5.32 Å². The summed E-state index contributed by atoms with van der Waals surface area (Å²) in [5, 5.41) is 4.51. The van der Waals surface area contributed by atoms with Gasteiger partial charge in [-0.15, -0.1) is 0 Å². The Labute approximate surface area is 110 Å². The fourth-order valence-electron chi connectivity index (χ4n) is 2.08. The first-order valence-corrected chi connectivity index (χ1v) is 6.82. The summed E-state index contributed by atoms with van der Waals surface area (Å²) in [4.78, 5) is 0. The fourth-order valence-corrected chi connectivity index (χ4v) is 2.38. The van der Waals surface area contributed by atoms with Crippen molar-refractivity contribution in [2.75, 3.05) is 6.54 Å². The Bertz CT molecular complexity index is 394. The lowest BCUT2D eigenvalue weighted by Gasteiger charge is -2.26. The third kappa shape index (κ3) is 4.01. The van der Waals surface area contributed by atoms with E-state index >= 15 is 0 Å². The van der Waals surface area contributed by atoms with Crippen molar-refractivity contribution >= 4 is 11.6 Å². The molecule has 0 heterocycles. The molecule has 1 N–H and O–H groups in total. The molecule has 1 aromatic carbocycles. The zero-order valence-electron chi connectivity index (χ0n) is 11.0. The van der Waals surface area contributed by atoms with Crippen molar-refractivity contribution in [3.8, 4) is 0 Å². The minimum atomic E-state index is 0.265. The first kappa shape index (κ1) is 12.9. The van der Waals surface area contributed by atoms with Crippen LogP contribution in [0.15, 0.2) is 18.2 Å². The maximum atomic E-state index is 6.29. The molecule has 2 heteroatoms. The van der Waals surface area contributed by atoms with Crippen LogP contribution in [-0.2, 0) is 6.42 Å². The van der Waals surface area contributed by atoms with Gasteiger partial charge in [0.2, 0.25) is 0 Å². The van der Waals surface area contributed by atoms with E-state index in [0.29, 0.717) is 0 Å². The van der Waals surface area contributed by atoms with E-state index < -0.39 is 0 Å². The molecule has 0 saturated heterocycles. The molecule has 1 aromatic rings. The molecule has 0 amide bonds. The van der Waals surface area contributed by atoms with Gasteiger partial charge in [0, 0.05) is 17.6 Å². The molecule has 2 rings (SSSR count). The molecule has 0 radical (unpaired) electrons. The van der Waals surface area contributed by atoms with Crippen molar-refractivity contribution in [2.24, 2.45) is 5.41 Å². The van der Waals surface area contributed by atoms with Gasteiger partial charge in [-0.3, -0.25) is 0 Å². The third-order valence-electron chi connectivity index (χ3n) is 3.32. The minimum absolute atomic E-state index is 0.265. The van der Waals surface area contributed by atoms with Gasteiger partial charge in [-0.2, -0.15) is 0 Å². The average molecular weight is 252 g/mol. The Morgan fingerprint density at radius 1 is 1.35 bits per heavy atom. The third-order valence-corrected chi connectivity index (χ3v) is 3.68. The zero-order chi connectivity index (χ0) is 12.5. The summed E-state index contributed by atoms with van der Waals surface area (Å²) in [6.07, 6.45) is 3.73. The number of hydrogen-bond donors (Lipinski definition) is 1. The van der Waals surface area contributed by atoms with Gasteiger partial charge in [-0.25, -0.2) is 0 Å². The SMILES string of the molecule is Cc1ccc(CC(C)(C)CNC2CC2)c(Cl)c1. The van der Waals surface area contributed by atoms with Gasteiger partial charge in [0.25, 0.3) is 0 Å². The van der Waals surface area contributed by atoms with Crippen LogP contribution in [0.25, 0.3) is 0 Å². The molecular formula is C15H22ClN. The van der Waals surface area contributed by atoms with Crippen LogP contribution in [0.4, 0.5) is 0 Å². The Kier molecular flexibility index (Phi) is 3.79. The molecule has 17 heavy (non-hydrogen) atoms. The molecule has 1 saturated carbocycles. The van der Waals surface area contributed by atoms with E-state index in [1.165, 1.54) is 24.0 Å².